The summed E-state index contributed by atoms with van der Waals surface area (Å²) >= 11 is 0. The second-order valence-corrected chi connectivity index (χ2v) is 12.6. The zero-order chi connectivity index (χ0) is 32.6. The van der Waals surface area contributed by atoms with Gasteiger partial charge in [-0.05, 0) is 32.3 Å². The van der Waals surface area contributed by atoms with Gasteiger partial charge in [0.1, 0.15) is 36.6 Å². The summed E-state index contributed by atoms with van der Waals surface area (Å²) < 4.78 is 34.6. The summed E-state index contributed by atoms with van der Waals surface area (Å²) in [5, 5.41) is 14.1. The van der Waals surface area contributed by atoms with Crippen LogP contribution >= 0.6 is 0 Å². The first-order valence-electron chi connectivity index (χ1n) is 15.5. The zero-order valence-corrected chi connectivity index (χ0v) is 26.5. The monoisotopic (exact) mass is 629 g/mol. The van der Waals surface area contributed by atoms with Crippen molar-refractivity contribution in [2.75, 3.05) is 20.8 Å². The minimum Gasteiger partial charge on any atom is -0.457 e. The van der Waals surface area contributed by atoms with Crippen LogP contribution < -0.4 is 5.32 Å². The molecule has 45 heavy (non-hydrogen) atoms. The second-order valence-electron chi connectivity index (χ2n) is 12.6. The van der Waals surface area contributed by atoms with Gasteiger partial charge in [0.15, 0.2) is 6.10 Å². The van der Waals surface area contributed by atoms with Crippen LogP contribution in [-0.4, -0.2) is 92.1 Å². The third-order valence-electron chi connectivity index (χ3n) is 10.0. The van der Waals surface area contributed by atoms with Gasteiger partial charge in [-0.1, -0.05) is 50.3 Å². The third kappa shape index (κ3) is 5.95. The van der Waals surface area contributed by atoms with Crippen molar-refractivity contribution in [3.63, 3.8) is 0 Å². The van der Waals surface area contributed by atoms with Crippen molar-refractivity contribution < 1.29 is 52.7 Å². The fourth-order valence-corrected chi connectivity index (χ4v) is 7.82. The first-order chi connectivity index (χ1) is 21.4. The predicted molar refractivity (Wildman–Crippen MR) is 158 cm³/mol. The number of cyclic esters (lactones) is 1. The molecule has 12 heteroatoms. The van der Waals surface area contributed by atoms with E-state index < -0.39 is 84.6 Å². The van der Waals surface area contributed by atoms with Gasteiger partial charge < -0.3 is 38.8 Å². The Balaban J connectivity index is 1.47. The van der Waals surface area contributed by atoms with Crippen LogP contribution in [0.15, 0.2) is 47.6 Å². The number of aliphatic hydroxyl groups is 1. The average Bonchev–Trinajstić information content (AvgIpc) is 3.62. The molecule has 5 rings (SSSR count). The number of carbonyl (C=O) groups is 4. The highest BCUT2D eigenvalue weighted by Gasteiger charge is 2.69. The Kier molecular flexibility index (Phi) is 9.57. The van der Waals surface area contributed by atoms with E-state index in [1.165, 1.54) is 14.2 Å². The van der Waals surface area contributed by atoms with Gasteiger partial charge in [-0.3, -0.25) is 4.79 Å². The third-order valence-corrected chi connectivity index (χ3v) is 10.0. The minimum atomic E-state index is -1.02. The maximum Gasteiger partial charge on any atom is 0.407 e. The van der Waals surface area contributed by atoms with Gasteiger partial charge in [0, 0.05) is 42.3 Å². The van der Waals surface area contributed by atoms with Gasteiger partial charge in [0.2, 0.25) is 0 Å². The molecule has 0 aromatic heterocycles. The molecule has 1 saturated heterocycles. The number of allylic oxidation sites excluding steroid dienone is 3. The Labute approximate surface area is 262 Å². The molecular formula is C33H43NO11. The van der Waals surface area contributed by atoms with Crippen LogP contribution in [0.2, 0.25) is 0 Å². The van der Waals surface area contributed by atoms with Crippen LogP contribution in [0.25, 0.3) is 0 Å². The number of ether oxygens (including phenoxy) is 6. The van der Waals surface area contributed by atoms with Gasteiger partial charge in [-0.25, -0.2) is 14.4 Å². The molecule has 1 amide bonds. The number of alkyl carbamates (subject to hydrolysis) is 1. The van der Waals surface area contributed by atoms with Crippen LogP contribution in [0, 0.1) is 29.6 Å². The van der Waals surface area contributed by atoms with Crippen LogP contribution in [0.3, 0.4) is 0 Å². The number of carbonyl (C=O) groups excluding carboxylic acids is 4. The van der Waals surface area contributed by atoms with Gasteiger partial charge >= 0.3 is 24.0 Å². The van der Waals surface area contributed by atoms with Crippen LogP contribution in [0.1, 0.15) is 40.5 Å². The molecule has 2 heterocycles. The number of esters is 3. The topological polar surface area (TPSA) is 156 Å². The quantitative estimate of drug-likeness (QED) is 0.242. The molecule has 3 aliphatic carbocycles. The molecule has 1 spiro atoms. The summed E-state index contributed by atoms with van der Waals surface area (Å²) in [7, 11) is 2.61. The summed E-state index contributed by atoms with van der Waals surface area (Å²) in [6.07, 6.45) is 6.50. The second kappa shape index (κ2) is 13.1. The van der Waals surface area contributed by atoms with E-state index >= 15 is 0 Å². The van der Waals surface area contributed by atoms with E-state index in [2.05, 4.69) is 10.1 Å². The molecule has 4 bridgehead atoms. The Morgan fingerprint density at radius 1 is 1.20 bits per heavy atom. The molecule has 12 nitrogen and oxygen atoms in total. The van der Waals surface area contributed by atoms with Crippen molar-refractivity contribution in [3.05, 3.63) is 47.6 Å². The minimum absolute atomic E-state index is 0.204. The van der Waals surface area contributed by atoms with Gasteiger partial charge in [0.05, 0.1) is 13.2 Å². The number of hydrogen-bond donors (Lipinski definition) is 2. The number of nitrogens with one attached hydrogen (secondary N) is 1. The van der Waals surface area contributed by atoms with Crippen LogP contribution in [-0.2, 0) is 42.8 Å². The molecule has 12 atom stereocenters. The lowest BCUT2D eigenvalue weighted by Gasteiger charge is -2.49. The van der Waals surface area contributed by atoms with Crippen molar-refractivity contribution in [3.8, 4) is 0 Å². The molecule has 1 saturated carbocycles. The van der Waals surface area contributed by atoms with E-state index in [1.54, 1.807) is 13.0 Å². The van der Waals surface area contributed by atoms with E-state index in [1.807, 2.05) is 51.2 Å². The number of rotatable bonds is 7. The fourth-order valence-electron chi connectivity index (χ4n) is 7.82. The Morgan fingerprint density at radius 2 is 1.96 bits per heavy atom. The van der Waals surface area contributed by atoms with Gasteiger partial charge in [-0.2, -0.15) is 0 Å². The molecule has 0 aromatic rings. The molecule has 2 unspecified atom stereocenters. The molecule has 0 radical (unpaired) electrons. The normalized spacial score (nSPS) is 40.2. The smallest absolute Gasteiger partial charge is 0.407 e. The SMILES string of the molecule is COC(=O)NCC(=O)O[C@H](C)[C@H]1OC(=O)[C@@H](OC)C[C@H]2C=CC3C4[C@H](O)[C@@H](C)[C@@H](OC(=O)C5=CC=CC5)[C@@H]3O[C@]42/C(C)=C/[C@H]1C. The molecule has 2 aliphatic heterocycles. The molecule has 2 N–H and O–H groups in total. The Hall–Kier alpha value is -3.48. The van der Waals surface area contributed by atoms with E-state index in [0.717, 1.165) is 5.57 Å². The summed E-state index contributed by atoms with van der Waals surface area (Å²) in [6, 6.07) is 0. The van der Waals surface area contributed by atoms with Gasteiger partial charge in [0.25, 0.3) is 0 Å². The molecular weight excluding hydrogens is 586 g/mol. The summed E-state index contributed by atoms with van der Waals surface area (Å²) in [5.74, 6) is -3.61. The zero-order valence-electron chi connectivity index (χ0n) is 26.5. The molecule has 246 valence electrons. The standard InChI is InChI=1S/C33H43NO11/c1-16-13-17(2)33-21(14-23(40-5)31(38)43-27(16)19(4)42-24(35)15-34-32(39)41-6)11-12-22-25(33)26(36)18(3)28(29(22)45-33)44-30(37)20-9-7-8-10-20/h7-9,11-13,16,18-19,21-23,25-29,36H,10,14-15H2,1-6H3,(H,34,39)/b17-13+/t16-,18-,19-,21-,22?,23+,25?,26-,27+,28-,29-,33+/m1/s1. The van der Waals surface area contributed by atoms with Crippen LogP contribution in [0.5, 0.6) is 0 Å². The summed E-state index contributed by atoms with van der Waals surface area (Å²) in [6.45, 7) is 6.85. The number of amides is 1. The summed E-state index contributed by atoms with van der Waals surface area (Å²) in [4.78, 5) is 50.4. The first-order valence-corrected chi connectivity index (χ1v) is 15.5. The highest BCUT2D eigenvalue weighted by molar-refractivity contribution is 5.90. The highest BCUT2D eigenvalue weighted by Crippen LogP contribution is 2.61. The lowest BCUT2D eigenvalue weighted by Crippen LogP contribution is -2.57. The number of methoxy groups -OCH3 is 2. The fraction of sp³-hybridized carbons (Fsp3) is 0.636. The Bertz CT molecular complexity index is 1320. The van der Waals surface area contributed by atoms with E-state index in [9.17, 15) is 24.3 Å². The van der Waals surface area contributed by atoms with Crippen molar-refractivity contribution in [1.82, 2.24) is 5.32 Å². The largest absolute Gasteiger partial charge is 0.457 e. The van der Waals surface area contributed by atoms with E-state index in [0.29, 0.717) is 12.0 Å². The predicted octanol–water partition coefficient (Wildman–Crippen LogP) is 2.55. The average molecular weight is 630 g/mol. The first kappa shape index (κ1) is 32.9. The number of hydrogen-bond acceptors (Lipinski definition) is 11. The molecule has 5 aliphatic rings. The highest BCUT2D eigenvalue weighted by atomic mass is 16.6. The van der Waals surface area contributed by atoms with E-state index in [-0.39, 0.29) is 24.2 Å². The molecule has 2 fully saturated rings. The van der Waals surface area contributed by atoms with Crippen molar-refractivity contribution in [1.29, 1.82) is 0 Å². The molecule has 0 aromatic carbocycles. The summed E-state index contributed by atoms with van der Waals surface area (Å²) in [5.41, 5.74) is 0.356. The Morgan fingerprint density at radius 3 is 2.62 bits per heavy atom. The van der Waals surface area contributed by atoms with E-state index in [4.69, 9.17) is 23.7 Å². The lowest BCUT2D eigenvalue weighted by molar-refractivity contribution is -0.179. The lowest BCUT2D eigenvalue weighted by atomic mass is 9.57. The van der Waals surface area contributed by atoms with Gasteiger partial charge in [-0.15, -0.1) is 0 Å². The maximum absolute atomic E-state index is 13.5. The number of aliphatic hydroxyl groups excluding tert-OH is 1. The van der Waals surface area contributed by atoms with Crippen LogP contribution in [0.4, 0.5) is 4.79 Å². The maximum atomic E-state index is 13.5. The van der Waals surface area contributed by atoms with Crippen molar-refractivity contribution in [2.45, 2.75) is 82.8 Å². The van der Waals surface area contributed by atoms with Crippen molar-refractivity contribution >= 4 is 24.0 Å². The van der Waals surface area contributed by atoms with Crippen molar-refractivity contribution in [2.24, 2.45) is 29.6 Å².